The second-order valence-electron chi connectivity index (χ2n) is 3.86. The number of benzene rings is 2. The molecule has 0 heterocycles. The van der Waals surface area contributed by atoms with E-state index in [1.54, 1.807) is 0 Å². The summed E-state index contributed by atoms with van der Waals surface area (Å²) in [7, 11) is -4.52. The molecule has 8 nitrogen and oxygen atoms in total. The maximum Gasteiger partial charge on any atom is 0.296 e. The number of hydrogen-bond donors (Lipinski definition) is 3. The molecule has 0 radical (unpaired) electrons. The number of nitrogen functional groups attached to an aromatic ring is 2. The number of non-ortho nitro benzene ring substituents is 1. The van der Waals surface area contributed by atoms with Crippen molar-refractivity contribution in [1.82, 2.24) is 0 Å². The molecule has 5 N–H and O–H groups in total. The average molecular weight is 311 g/mol. The number of nitrogens with two attached hydrogens (primary N) is 2. The minimum atomic E-state index is -4.52. The van der Waals surface area contributed by atoms with Crippen molar-refractivity contribution >= 4 is 27.2 Å². The lowest BCUT2D eigenvalue weighted by atomic mass is 10.3. The predicted molar refractivity (Wildman–Crippen MR) is 78.2 cm³/mol. The molecule has 0 spiro atoms. The van der Waals surface area contributed by atoms with Crippen molar-refractivity contribution in [3.8, 4) is 0 Å². The van der Waals surface area contributed by atoms with Crippen LogP contribution in [0.2, 0.25) is 0 Å². The second-order valence-corrected chi connectivity index (χ2v) is 5.25. The number of para-hydroxylation sites is 1. The van der Waals surface area contributed by atoms with Gasteiger partial charge in [-0.3, -0.25) is 14.7 Å². The highest BCUT2D eigenvalue weighted by Crippen LogP contribution is 2.23. The predicted octanol–water partition coefficient (Wildman–Crippen LogP) is 1.69. The van der Waals surface area contributed by atoms with E-state index in [0.717, 1.165) is 17.8 Å². The Morgan fingerprint density at radius 3 is 2.00 bits per heavy atom. The first-order valence-corrected chi connectivity index (χ1v) is 6.97. The van der Waals surface area contributed by atoms with E-state index in [2.05, 4.69) is 0 Å². The van der Waals surface area contributed by atoms with Crippen LogP contribution in [-0.2, 0) is 10.1 Å². The third-order valence-electron chi connectivity index (χ3n) is 2.29. The van der Waals surface area contributed by atoms with Crippen molar-refractivity contribution in [1.29, 1.82) is 0 Å². The number of nitrogens with zero attached hydrogens (tertiary/aromatic N) is 1. The van der Waals surface area contributed by atoms with E-state index in [9.17, 15) is 18.5 Å². The molecule has 0 bridgehead atoms. The van der Waals surface area contributed by atoms with Crippen LogP contribution in [0.1, 0.15) is 0 Å². The molecule has 2 aromatic carbocycles. The Labute approximate surface area is 120 Å². The summed E-state index contributed by atoms with van der Waals surface area (Å²) in [5.74, 6) is 0. The Bertz CT molecular complexity index is 732. The molecule has 9 heteroatoms. The normalized spacial score (nSPS) is 10.3. The minimum Gasteiger partial charge on any atom is -0.399 e. The van der Waals surface area contributed by atoms with Crippen LogP contribution in [0.15, 0.2) is 53.4 Å². The van der Waals surface area contributed by atoms with E-state index in [-0.39, 0.29) is 5.69 Å². The minimum absolute atomic E-state index is 0.238. The molecule has 2 aromatic rings. The Hall–Kier alpha value is -2.65. The van der Waals surface area contributed by atoms with E-state index in [1.807, 2.05) is 30.3 Å². The van der Waals surface area contributed by atoms with Gasteiger partial charge in [0.2, 0.25) is 0 Å². The zero-order valence-electron chi connectivity index (χ0n) is 10.7. The van der Waals surface area contributed by atoms with Gasteiger partial charge < -0.3 is 11.5 Å². The lowest BCUT2D eigenvalue weighted by Gasteiger charge is -2.00. The molecule has 112 valence electrons. The Kier molecular flexibility index (Phi) is 5.22. The monoisotopic (exact) mass is 311 g/mol. The lowest BCUT2D eigenvalue weighted by molar-refractivity contribution is -0.385. The summed E-state index contributed by atoms with van der Waals surface area (Å²) in [6, 6.07) is 12.3. The van der Waals surface area contributed by atoms with Crippen LogP contribution < -0.4 is 11.5 Å². The summed E-state index contributed by atoms with van der Waals surface area (Å²) >= 11 is 0. The Morgan fingerprint density at radius 2 is 1.62 bits per heavy atom. The number of nitro groups is 1. The second kappa shape index (κ2) is 6.68. The third kappa shape index (κ3) is 5.09. The smallest absolute Gasteiger partial charge is 0.296 e. The SMILES string of the molecule is Nc1ccc([N+](=O)[O-])cc1S(=O)(=O)O.Nc1ccccc1. The highest BCUT2D eigenvalue weighted by Gasteiger charge is 2.18. The van der Waals surface area contributed by atoms with E-state index in [4.69, 9.17) is 16.0 Å². The highest BCUT2D eigenvalue weighted by molar-refractivity contribution is 7.86. The summed E-state index contributed by atoms with van der Waals surface area (Å²) < 4.78 is 30.0. The molecule has 0 amide bonds. The van der Waals surface area contributed by atoms with Crippen molar-refractivity contribution in [2.75, 3.05) is 11.5 Å². The quantitative estimate of drug-likeness (QED) is 0.330. The number of hydrogen-bond acceptors (Lipinski definition) is 6. The largest absolute Gasteiger partial charge is 0.399 e. The van der Waals surface area contributed by atoms with Crippen LogP contribution in [-0.4, -0.2) is 17.9 Å². The highest BCUT2D eigenvalue weighted by atomic mass is 32.2. The van der Waals surface area contributed by atoms with Gasteiger partial charge in [0, 0.05) is 17.8 Å². The maximum atomic E-state index is 10.7. The fourth-order valence-electron chi connectivity index (χ4n) is 1.31. The van der Waals surface area contributed by atoms with Crippen molar-refractivity contribution in [2.45, 2.75) is 4.90 Å². The fourth-order valence-corrected chi connectivity index (χ4v) is 1.95. The van der Waals surface area contributed by atoms with E-state index < -0.39 is 25.6 Å². The molecule has 0 saturated heterocycles. The van der Waals surface area contributed by atoms with Gasteiger partial charge in [0.05, 0.1) is 10.6 Å². The summed E-state index contributed by atoms with van der Waals surface area (Å²) in [6.45, 7) is 0. The lowest BCUT2D eigenvalue weighted by Crippen LogP contribution is -2.03. The van der Waals surface area contributed by atoms with Crippen molar-refractivity contribution in [3.05, 3.63) is 58.6 Å². The molecule has 0 aromatic heterocycles. The van der Waals surface area contributed by atoms with Crippen LogP contribution in [0.25, 0.3) is 0 Å². The number of nitro benzene ring substituents is 1. The van der Waals surface area contributed by atoms with Gasteiger partial charge >= 0.3 is 0 Å². The van der Waals surface area contributed by atoms with E-state index in [1.165, 1.54) is 0 Å². The molecule has 21 heavy (non-hydrogen) atoms. The standard InChI is InChI=1S/C6H6N2O5S.C6H7N/c7-5-2-1-4(8(9)10)3-6(5)14(11,12)13;7-6-4-2-1-3-5-6/h1-3H,7H2,(H,11,12,13);1-5H,7H2. The van der Waals surface area contributed by atoms with Gasteiger partial charge in [-0.05, 0) is 18.2 Å². The van der Waals surface area contributed by atoms with Gasteiger partial charge in [-0.25, -0.2) is 0 Å². The van der Waals surface area contributed by atoms with Gasteiger partial charge in [-0.1, -0.05) is 18.2 Å². The molecular formula is C12H13N3O5S. The van der Waals surface area contributed by atoms with Crippen LogP contribution in [0.4, 0.5) is 17.1 Å². The molecule has 0 fully saturated rings. The number of rotatable bonds is 2. The van der Waals surface area contributed by atoms with Crippen LogP contribution in [0, 0.1) is 10.1 Å². The van der Waals surface area contributed by atoms with Gasteiger partial charge in [0.25, 0.3) is 15.8 Å². The van der Waals surface area contributed by atoms with Crippen LogP contribution in [0.5, 0.6) is 0 Å². The first-order valence-electron chi connectivity index (χ1n) is 5.53. The van der Waals surface area contributed by atoms with Gasteiger partial charge in [-0.2, -0.15) is 8.42 Å². The van der Waals surface area contributed by atoms with Crippen LogP contribution in [0.3, 0.4) is 0 Å². The molecule has 0 atom stereocenters. The fraction of sp³-hybridized carbons (Fsp3) is 0. The Balaban J connectivity index is 0.000000262. The zero-order chi connectivity index (χ0) is 16.0. The van der Waals surface area contributed by atoms with Gasteiger partial charge in [0.1, 0.15) is 4.90 Å². The van der Waals surface area contributed by atoms with E-state index >= 15 is 0 Å². The molecular weight excluding hydrogens is 298 g/mol. The molecule has 0 aliphatic rings. The van der Waals surface area contributed by atoms with Crippen molar-refractivity contribution in [2.24, 2.45) is 0 Å². The summed E-state index contributed by atoms with van der Waals surface area (Å²) in [6.07, 6.45) is 0. The first-order chi connectivity index (χ1) is 9.71. The van der Waals surface area contributed by atoms with Crippen molar-refractivity contribution in [3.63, 3.8) is 0 Å². The molecule has 2 rings (SSSR count). The summed E-state index contributed by atoms with van der Waals surface area (Å²) in [5.41, 5.74) is 10.7. The Morgan fingerprint density at radius 1 is 1.05 bits per heavy atom. The topological polar surface area (TPSA) is 150 Å². The van der Waals surface area contributed by atoms with Crippen molar-refractivity contribution < 1.29 is 17.9 Å². The maximum absolute atomic E-state index is 10.7. The van der Waals surface area contributed by atoms with E-state index in [0.29, 0.717) is 6.07 Å². The zero-order valence-corrected chi connectivity index (χ0v) is 11.5. The van der Waals surface area contributed by atoms with Crippen LogP contribution >= 0.6 is 0 Å². The molecule has 0 aliphatic carbocycles. The average Bonchev–Trinajstić information content (AvgIpc) is 2.39. The molecule has 0 unspecified atom stereocenters. The first kappa shape index (κ1) is 16.4. The summed E-state index contributed by atoms with van der Waals surface area (Å²) in [5, 5.41) is 10.3. The van der Waals surface area contributed by atoms with Gasteiger partial charge in [0.15, 0.2) is 0 Å². The van der Waals surface area contributed by atoms with Gasteiger partial charge in [-0.15, -0.1) is 0 Å². The summed E-state index contributed by atoms with van der Waals surface area (Å²) in [4.78, 5) is 8.84. The molecule has 0 aliphatic heterocycles. The molecule has 0 saturated carbocycles. The number of anilines is 2. The third-order valence-corrected chi connectivity index (χ3v) is 3.19.